The fraction of sp³-hybridized carbons (Fsp3) is 0.524. The van der Waals surface area contributed by atoms with Gasteiger partial charge in [0.25, 0.3) is 0 Å². The second-order valence-electron chi connectivity index (χ2n) is 7.71. The van der Waals surface area contributed by atoms with Gasteiger partial charge in [-0.2, -0.15) is 9.97 Å². The lowest BCUT2D eigenvalue weighted by Crippen LogP contribution is -2.40. The molecule has 0 amide bonds. The Balaban J connectivity index is 1.51. The van der Waals surface area contributed by atoms with E-state index in [4.69, 9.17) is 26.9 Å². The minimum absolute atomic E-state index is 0.467. The zero-order valence-corrected chi connectivity index (χ0v) is 18.2. The van der Waals surface area contributed by atoms with Crippen molar-refractivity contribution in [3.05, 3.63) is 36.2 Å². The topological polar surface area (TPSA) is 78.4 Å². The first-order valence-corrected chi connectivity index (χ1v) is 11.0. The molecule has 9 heteroatoms. The molecule has 0 unspecified atom stereocenters. The summed E-state index contributed by atoms with van der Waals surface area (Å²) in [5.41, 5.74) is 1.06. The zero-order chi connectivity index (χ0) is 20.8. The molecule has 2 aromatic heterocycles. The Hall–Kier alpha value is -2.52. The number of piperidine rings is 1. The Labute approximate surface area is 183 Å². The first-order valence-electron chi connectivity index (χ1n) is 10.6. The first-order chi connectivity index (χ1) is 14.7. The number of aromatic nitrogens is 3. The van der Waals surface area contributed by atoms with Crippen LogP contribution in [0.2, 0.25) is 0 Å². The molecule has 0 bridgehead atoms. The van der Waals surface area contributed by atoms with Gasteiger partial charge in [-0.25, -0.2) is 0 Å². The van der Waals surface area contributed by atoms with Crippen LogP contribution < -0.4 is 20.4 Å². The number of hydrogen-bond donors (Lipinski definition) is 2. The molecule has 160 valence electrons. The molecule has 0 aliphatic carbocycles. The van der Waals surface area contributed by atoms with Gasteiger partial charge in [0.15, 0.2) is 5.11 Å². The van der Waals surface area contributed by atoms with Crippen molar-refractivity contribution in [1.82, 2.24) is 20.3 Å². The third-order valence-electron chi connectivity index (χ3n) is 5.53. The van der Waals surface area contributed by atoms with Crippen molar-refractivity contribution in [1.29, 1.82) is 0 Å². The largest absolute Gasteiger partial charge is 0.378 e. The van der Waals surface area contributed by atoms with Crippen molar-refractivity contribution >= 4 is 34.9 Å². The second kappa shape index (κ2) is 9.99. The van der Waals surface area contributed by atoms with Gasteiger partial charge >= 0.3 is 0 Å². The maximum atomic E-state index is 5.51. The summed E-state index contributed by atoms with van der Waals surface area (Å²) in [7, 11) is 0. The van der Waals surface area contributed by atoms with E-state index in [2.05, 4.69) is 38.4 Å². The summed E-state index contributed by atoms with van der Waals surface area (Å²) in [5.74, 6) is 2.39. The maximum absolute atomic E-state index is 5.51. The third-order valence-corrected chi connectivity index (χ3v) is 5.78. The van der Waals surface area contributed by atoms with Gasteiger partial charge in [0.05, 0.1) is 13.2 Å². The van der Waals surface area contributed by atoms with E-state index in [1.54, 1.807) is 6.20 Å². The fourth-order valence-electron chi connectivity index (χ4n) is 3.85. The molecule has 2 aromatic rings. The van der Waals surface area contributed by atoms with E-state index in [9.17, 15) is 0 Å². The summed E-state index contributed by atoms with van der Waals surface area (Å²) in [6.45, 7) is 6.97. The molecule has 0 spiro atoms. The Bertz CT molecular complexity index is 845. The molecule has 2 aliphatic heterocycles. The molecule has 2 fully saturated rings. The number of ether oxygens (including phenoxy) is 1. The van der Waals surface area contributed by atoms with Gasteiger partial charge in [-0.15, -0.1) is 0 Å². The van der Waals surface area contributed by atoms with Crippen molar-refractivity contribution in [2.24, 2.45) is 0 Å². The van der Waals surface area contributed by atoms with Crippen molar-refractivity contribution in [3.63, 3.8) is 0 Å². The molecule has 4 rings (SSSR count). The number of morpholine rings is 1. The molecule has 8 nitrogen and oxygen atoms in total. The molecule has 0 aromatic carbocycles. The standard InChI is InChI=1S/C21H29N7OS/c1-16-5-2-3-8-28(16)19-13-18(27-9-11-29-12-10-27)24-20(25-19)26-21(30)23-15-17-6-4-7-22-14-17/h4,6-7,13-14,16H,2-3,5,8-12,15H2,1H3,(H2,23,24,25,26,30)/t16-/m0/s1. The van der Waals surface area contributed by atoms with E-state index in [-0.39, 0.29) is 0 Å². The number of nitrogens with zero attached hydrogens (tertiary/aromatic N) is 5. The van der Waals surface area contributed by atoms with Crippen LogP contribution >= 0.6 is 12.2 Å². The van der Waals surface area contributed by atoms with Gasteiger partial charge in [0, 0.05) is 50.7 Å². The van der Waals surface area contributed by atoms with E-state index in [0.717, 1.165) is 36.8 Å². The molecular formula is C21H29N7OS. The van der Waals surface area contributed by atoms with Crippen LogP contribution in [0.3, 0.4) is 0 Å². The van der Waals surface area contributed by atoms with E-state index in [0.29, 0.717) is 36.9 Å². The SMILES string of the molecule is C[C@H]1CCCCN1c1cc(N2CCOCC2)nc(NC(=S)NCc2cccnc2)n1. The minimum Gasteiger partial charge on any atom is -0.378 e. The minimum atomic E-state index is 0.467. The number of pyridine rings is 1. The van der Waals surface area contributed by atoms with Crippen molar-refractivity contribution < 1.29 is 4.74 Å². The van der Waals surface area contributed by atoms with E-state index < -0.39 is 0 Å². The summed E-state index contributed by atoms with van der Waals surface area (Å²) in [6.07, 6.45) is 7.22. The number of rotatable bonds is 5. The highest BCUT2D eigenvalue weighted by Crippen LogP contribution is 2.27. The lowest BCUT2D eigenvalue weighted by Gasteiger charge is -2.35. The van der Waals surface area contributed by atoms with Gasteiger partial charge in [-0.1, -0.05) is 6.07 Å². The molecular weight excluding hydrogens is 398 g/mol. The number of anilines is 3. The van der Waals surface area contributed by atoms with Crippen molar-refractivity contribution in [3.8, 4) is 0 Å². The van der Waals surface area contributed by atoms with E-state index in [1.807, 2.05) is 18.3 Å². The first kappa shape index (κ1) is 20.7. The number of thiocarbonyl (C=S) groups is 1. The number of nitrogens with one attached hydrogen (secondary N) is 2. The van der Waals surface area contributed by atoms with Gasteiger partial charge in [0.1, 0.15) is 11.6 Å². The van der Waals surface area contributed by atoms with Crippen LogP contribution in [0.1, 0.15) is 31.7 Å². The van der Waals surface area contributed by atoms with Crippen LogP contribution in [0.4, 0.5) is 17.6 Å². The van der Waals surface area contributed by atoms with Crippen molar-refractivity contribution in [2.45, 2.75) is 38.8 Å². The Morgan fingerprint density at radius 1 is 1.20 bits per heavy atom. The Morgan fingerprint density at radius 2 is 2.03 bits per heavy atom. The number of hydrogen-bond acceptors (Lipinski definition) is 7. The maximum Gasteiger partial charge on any atom is 0.232 e. The van der Waals surface area contributed by atoms with Gasteiger partial charge in [0.2, 0.25) is 5.95 Å². The summed E-state index contributed by atoms with van der Waals surface area (Å²) in [5, 5.41) is 6.88. The van der Waals surface area contributed by atoms with Crippen LogP contribution in [0.25, 0.3) is 0 Å². The molecule has 1 atom stereocenters. The molecule has 2 aliphatic rings. The van der Waals surface area contributed by atoms with E-state index >= 15 is 0 Å². The van der Waals surface area contributed by atoms with Crippen LogP contribution in [0.5, 0.6) is 0 Å². The lowest BCUT2D eigenvalue weighted by molar-refractivity contribution is 0.122. The monoisotopic (exact) mass is 427 g/mol. The van der Waals surface area contributed by atoms with Gasteiger partial charge in [-0.05, 0) is 50.0 Å². The Morgan fingerprint density at radius 3 is 2.80 bits per heavy atom. The predicted molar refractivity (Wildman–Crippen MR) is 123 cm³/mol. The highest BCUT2D eigenvalue weighted by Gasteiger charge is 2.23. The zero-order valence-electron chi connectivity index (χ0n) is 17.4. The fourth-order valence-corrected chi connectivity index (χ4v) is 4.01. The molecule has 4 heterocycles. The van der Waals surface area contributed by atoms with Gasteiger partial charge in [-0.3, -0.25) is 4.98 Å². The Kier molecular flexibility index (Phi) is 6.91. The van der Waals surface area contributed by atoms with E-state index in [1.165, 1.54) is 19.3 Å². The summed E-state index contributed by atoms with van der Waals surface area (Å²) < 4.78 is 5.51. The lowest BCUT2D eigenvalue weighted by atomic mass is 10.0. The van der Waals surface area contributed by atoms with Crippen LogP contribution in [-0.4, -0.2) is 59.0 Å². The summed E-state index contributed by atoms with van der Waals surface area (Å²) >= 11 is 5.49. The molecule has 2 N–H and O–H groups in total. The second-order valence-corrected chi connectivity index (χ2v) is 8.12. The average molecular weight is 428 g/mol. The predicted octanol–water partition coefficient (Wildman–Crippen LogP) is 2.57. The average Bonchev–Trinajstić information content (AvgIpc) is 2.79. The quantitative estimate of drug-likeness (QED) is 0.700. The van der Waals surface area contributed by atoms with Crippen LogP contribution in [0, 0.1) is 0 Å². The van der Waals surface area contributed by atoms with Crippen LogP contribution in [0.15, 0.2) is 30.6 Å². The molecule has 0 saturated carbocycles. The van der Waals surface area contributed by atoms with Crippen molar-refractivity contribution in [2.75, 3.05) is 48.0 Å². The highest BCUT2D eigenvalue weighted by atomic mass is 32.1. The molecule has 30 heavy (non-hydrogen) atoms. The van der Waals surface area contributed by atoms with Gasteiger partial charge < -0.3 is 25.2 Å². The normalized spacial score (nSPS) is 19.4. The summed E-state index contributed by atoms with van der Waals surface area (Å²) in [4.78, 5) is 18.3. The highest BCUT2D eigenvalue weighted by molar-refractivity contribution is 7.80. The third kappa shape index (κ3) is 5.34. The summed E-state index contributed by atoms with van der Waals surface area (Å²) in [6, 6.07) is 6.49. The molecule has 0 radical (unpaired) electrons. The molecule has 2 saturated heterocycles. The smallest absolute Gasteiger partial charge is 0.232 e. The van der Waals surface area contributed by atoms with Crippen LogP contribution in [-0.2, 0) is 11.3 Å².